The van der Waals surface area contributed by atoms with Crippen molar-refractivity contribution in [3.63, 3.8) is 0 Å². The zero-order valence-corrected chi connectivity index (χ0v) is 13.9. The molecule has 0 aliphatic carbocycles. The van der Waals surface area contributed by atoms with Gasteiger partial charge < -0.3 is 26.3 Å². The van der Waals surface area contributed by atoms with Crippen LogP contribution >= 0.6 is 21.6 Å². The SMILES string of the molecule is CCSSC[C@H](NC(=O)CC[C@H](N)C=O)C(=O)NCC(=O)O. The summed E-state index contributed by atoms with van der Waals surface area (Å²) in [5.41, 5.74) is 5.39. The molecule has 0 saturated heterocycles. The molecule has 2 atom stereocenters. The molecule has 0 unspecified atom stereocenters. The molecule has 10 heteroatoms. The molecule has 0 aliphatic heterocycles. The van der Waals surface area contributed by atoms with Gasteiger partial charge in [-0.05, 0) is 6.42 Å². The second-order valence-electron chi connectivity index (χ2n) is 4.26. The van der Waals surface area contributed by atoms with Crippen LogP contribution in [0.25, 0.3) is 0 Å². The topological polar surface area (TPSA) is 139 Å². The molecule has 0 aromatic carbocycles. The maximum absolute atomic E-state index is 11.9. The highest BCUT2D eigenvalue weighted by Crippen LogP contribution is 2.21. The first-order valence-corrected chi connectivity index (χ1v) is 9.13. The van der Waals surface area contributed by atoms with Crippen LogP contribution in [0.15, 0.2) is 0 Å². The number of hydrogen-bond donors (Lipinski definition) is 4. The number of carbonyl (C=O) groups is 4. The van der Waals surface area contributed by atoms with Gasteiger partial charge in [0.1, 0.15) is 18.9 Å². The van der Waals surface area contributed by atoms with Crippen LogP contribution in [0, 0.1) is 0 Å². The number of carbonyl (C=O) groups excluding carboxylic acids is 3. The Kier molecular flexibility index (Phi) is 11.6. The van der Waals surface area contributed by atoms with Crippen LogP contribution in [0.1, 0.15) is 19.8 Å². The molecular formula is C12H21N3O5S2. The van der Waals surface area contributed by atoms with Crippen molar-refractivity contribution >= 4 is 45.7 Å². The average molecular weight is 351 g/mol. The number of hydrogen-bond acceptors (Lipinski definition) is 7. The first-order chi connectivity index (χ1) is 10.4. The molecule has 0 fully saturated rings. The van der Waals surface area contributed by atoms with E-state index < -0.39 is 36.4 Å². The molecule has 0 aromatic rings. The molecular weight excluding hydrogens is 330 g/mol. The van der Waals surface area contributed by atoms with E-state index in [1.54, 1.807) is 0 Å². The highest BCUT2D eigenvalue weighted by Gasteiger charge is 2.21. The Balaban J connectivity index is 4.43. The third kappa shape index (κ3) is 10.5. The summed E-state index contributed by atoms with van der Waals surface area (Å²) in [6.45, 7) is 1.45. The van der Waals surface area contributed by atoms with Gasteiger partial charge in [0.2, 0.25) is 11.8 Å². The number of nitrogens with two attached hydrogens (primary N) is 1. The van der Waals surface area contributed by atoms with Crippen molar-refractivity contribution in [2.24, 2.45) is 5.73 Å². The van der Waals surface area contributed by atoms with Crippen molar-refractivity contribution in [2.75, 3.05) is 18.1 Å². The van der Waals surface area contributed by atoms with Crippen LogP contribution < -0.4 is 16.4 Å². The Hall–Kier alpha value is -1.26. The van der Waals surface area contributed by atoms with Gasteiger partial charge in [-0.1, -0.05) is 28.5 Å². The Bertz CT molecular complexity index is 395. The predicted octanol–water partition coefficient (Wildman–Crippen LogP) is -0.620. The van der Waals surface area contributed by atoms with Gasteiger partial charge in [-0.2, -0.15) is 0 Å². The van der Waals surface area contributed by atoms with E-state index in [4.69, 9.17) is 10.8 Å². The molecule has 0 saturated carbocycles. The molecule has 2 amide bonds. The fourth-order valence-corrected chi connectivity index (χ4v) is 3.13. The smallest absolute Gasteiger partial charge is 0.322 e. The number of carboxylic acids is 1. The average Bonchev–Trinajstić information content (AvgIpc) is 2.49. The largest absolute Gasteiger partial charge is 0.480 e. The molecule has 0 radical (unpaired) electrons. The van der Waals surface area contributed by atoms with Crippen LogP contribution in [-0.2, 0) is 19.2 Å². The van der Waals surface area contributed by atoms with Crippen LogP contribution in [-0.4, -0.2) is 59.3 Å². The maximum Gasteiger partial charge on any atom is 0.322 e. The number of nitrogens with one attached hydrogen (secondary N) is 2. The van der Waals surface area contributed by atoms with Crippen molar-refractivity contribution in [3.8, 4) is 0 Å². The summed E-state index contributed by atoms with van der Waals surface area (Å²) in [5.74, 6) is -0.966. The van der Waals surface area contributed by atoms with E-state index >= 15 is 0 Å². The lowest BCUT2D eigenvalue weighted by atomic mass is 10.2. The van der Waals surface area contributed by atoms with E-state index in [1.807, 2.05) is 6.92 Å². The van der Waals surface area contributed by atoms with Crippen LogP contribution in [0.4, 0.5) is 0 Å². The Morgan fingerprint density at radius 3 is 2.55 bits per heavy atom. The summed E-state index contributed by atoms with van der Waals surface area (Å²) in [5, 5.41) is 13.3. The lowest BCUT2D eigenvalue weighted by Crippen LogP contribution is -2.49. The minimum absolute atomic E-state index is 0.0220. The summed E-state index contributed by atoms with van der Waals surface area (Å²) in [6, 6.07) is -1.54. The van der Waals surface area contributed by atoms with Gasteiger partial charge in [-0.25, -0.2) is 0 Å². The van der Waals surface area contributed by atoms with Gasteiger partial charge >= 0.3 is 5.97 Å². The van der Waals surface area contributed by atoms with Crippen molar-refractivity contribution in [3.05, 3.63) is 0 Å². The Morgan fingerprint density at radius 1 is 1.32 bits per heavy atom. The molecule has 8 nitrogen and oxygen atoms in total. The fourth-order valence-electron chi connectivity index (χ4n) is 1.30. The van der Waals surface area contributed by atoms with Crippen LogP contribution in [0.3, 0.4) is 0 Å². The summed E-state index contributed by atoms with van der Waals surface area (Å²) in [4.78, 5) is 44.5. The van der Waals surface area contributed by atoms with Gasteiger partial charge in [0.25, 0.3) is 0 Å². The normalized spacial score (nSPS) is 13.0. The van der Waals surface area contributed by atoms with Crippen molar-refractivity contribution in [2.45, 2.75) is 31.8 Å². The quantitative estimate of drug-likeness (QED) is 0.207. The van der Waals surface area contributed by atoms with Gasteiger partial charge in [-0.15, -0.1) is 0 Å². The number of rotatable bonds is 12. The standard InChI is InChI=1S/C12H21N3O5S2/c1-2-21-22-7-9(12(20)14-5-11(18)19)15-10(17)4-3-8(13)6-16/h6,8-9H,2-5,7,13H2,1H3,(H,14,20)(H,15,17)(H,18,19)/t8-,9-/m0/s1. The van der Waals surface area contributed by atoms with Crippen molar-refractivity contribution in [1.29, 1.82) is 0 Å². The van der Waals surface area contributed by atoms with Gasteiger partial charge in [0.05, 0.1) is 6.04 Å². The van der Waals surface area contributed by atoms with Gasteiger partial charge in [0, 0.05) is 17.9 Å². The Labute approximate surface area is 136 Å². The van der Waals surface area contributed by atoms with Gasteiger partial charge in [-0.3, -0.25) is 14.4 Å². The molecule has 0 spiro atoms. The Morgan fingerprint density at radius 2 is 2.00 bits per heavy atom. The minimum Gasteiger partial charge on any atom is -0.480 e. The van der Waals surface area contributed by atoms with Crippen molar-refractivity contribution in [1.82, 2.24) is 10.6 Å². The first kappa shape index (κ1) is 20.7. The molecule has 0 bridgehead atoms. The third-order valence-electron chi connectivity index (χ3n) is 2.38. The van der Waals surface area contributed by atoms with E-state index in [9.17, 15) is 19.2 Å². The van der Waals surface area contributed by atoms with Gasteiger partial charge in [0.15, 0.2) is 0 Å². The zero-order chi connectivity index (χ0) is 17.0. The van der Waals surface area contributed by atoms with E-state index in [0.29, 0.717) is 12.0 Å². The predicted molar refractivity (Wildman–Crippen MR) is 86.4 cm³/mol. The highest BCUT2D eigenvalue weighted by molar-refractivity contribution is 8.76. The lowest BCUT2D eigenvalue weighted by molar-refractivity contribution is -0.138. The van der Waals surface area contributed by atoms with Crippen LogP contribution in [0.5, 0.6) is 0 Å². The number of carboxylic acid groups (broad SMARTS) is 1. The lowest BCUT2D eigenvalue weighted by Gasteiger charge is -2.17. The third-order valence-corrected chi connectivity index (χ3v) is 4.87. The summed E-state index contributed by atoms with van der Waals surface area (Å²) in [7, 11) is 2.94. The molecule has 0 aromatic heterocycles. The fraction of sp³-hybridized carbons (Fsp3) is 0.667. The molecule has 0 heterocycles. The molecule has 22 heavy (non-hydrogen) atoms. The summed E-state index contributed by atoms with van der Waals surface area (Å²) >= 11 is 0. The highest BCUT2D eigenvalue weighted by atomic mass is 33.1. The molecule has 0 aliphatic rings. The zero-order valence-electron chi connectivity index (χ0n) is 12.2. The van der Waals surface area contributed by atoms with Crippen LogP contribution in [0.2, 0.25) is 0 Å². The minimum atomic E-state index is -1.16. The van der Waals surface area contributed by atoms with E-state index in [1.165, 1.54) is 21.6 Å². The van der Waals surface area contributed by atoms with E-state index in [-0.39, 0.29) is 12.8 Å². The van der Waals surface area contributed by atoms with E-state index in [2.05, 4.69) is 10.6 Å². The summed E-state index contributed by atoms with van der Waals surface area (Å²) < 4.78 is 0. The van der Waals surface area contributed by atoms with Crippen molar-refractivity contribution < 1.29 is 24.3 Å². The maximum atomic E-state index is 11.9. The molecule has 126 valence electrons. The number of aldehydes is 1. The summed E-state index contributed by atoms with van der Waals surface area (Å²) in [6.07, 6.45) is 0.766. The monoisotopic (exact) mass is 351 g/mol. The second kappa shape index (κ2) is 12.3. The molecule has 0 rings (SSSR count). The molecule has 5 N–H and O–H groups in total. The number of amides is 2. The van der Waals surface area contributed by atoms with E-state index in [0.717, 1.165) is 5.75 Å². The first-order valence-electron chi connectivity index (χ1n) is 6.64. The number of aliphatic carboxylic acids is 1. The second-order valence-corrected chi connectivity index (χ2v) is 7.06.